The monoisotopic (exact) mass is 266 g/mol. The number of anilines is 1. The Morgan fingerprint density at radius 3 is 2.72 bits per heavy atom. The SMILES string of the molecule is CSc1ccccc1NC(=O)C1(N)CCOCC1. The van der Waals surface area contributed by atoms with Gasteiger partial charge < -0.3 is 15.8 Å². The van der Waals surface area contributed by atoms with Gasteiger partial charge in [0.2, 0.25) is 5.91 Å². The van der Waals surface area contributed by atoms with Crippen molar-refractivity contribution in [3.8, 4) is 0 Å². The zero-order valence-corrected chi connectivity index (χ0v) is 11.3. The minimum atomic E-state index is -0.802. The zero-order chi connectivity index (χ0) is 13.0. The summed E-state index contributed by atoms with van der Waals surface area (Å²) in [5.41, 5.74) is 6.17. The van der Waals surface area contributed by atoms with Gasteiger partial charge >= 0.3 is 0 Å². The first-order valence-corrected chi connectivity index (χ1v) is 7.19. The number of rotatable bonds is 3. The van der Waals surface area contributed by atoms with Crippen LogP contribution in [-0.2, 0) is 9.53 Å². The van der Waals surface area contributed by atoms with Crippen LogP contribution in [-0.4, -0.2) is 30.9 Å². The summed E-state index contributed by atoms with van der Waals surface area (Å²) in [7, 11) is 0. The third-order valence-electron chi connectivity index (χ3n) is 3.19. The predicted molar refractivity (Wildman–Crippen MR) is 73.8 cm³/mol. The molecule has 0 radical (unpaired) electrons. The van der Waals surface area contributed by atoms with Gasteiger partial charge in [-0.3, -0.25) is 4.79 Å². The van der Waals surface area contributed by atoms with Crippen molar-refractivity contribution in [3.05, 3.63) is 24.3 Å². The number of amides is 1. The van der Waals surface area contributed by atoms with Gasteiger partial charge in [-0.05, 0) is 31.2 Å². The molecule has 3 N–H and O–H groups in total. The summed E-state index contributed by atoms with van der Waals surface area (Å²) in [6, 6.07) is 7.73. The lowest BCUT2D eigenvalue weighted by Crippen LogP contribution is -2.54. The zero-order valence-electron chi connectivity index (χ0n) is 10.4. The Bertz CT molecular complexity index is 431. The maximum Gasteiger partial charge on any atom is 0.244 e. The first-order chi connectivity index (χ1) is 8.65. The Hall–Kier alpha value is -1.04. The smallest absolute Gasteiger partial charge is 0.244 e. The van der Waals surface area contributed by atoms with E-state index in [1.165, 1.54) is 0 Å². The van der Waals surface area contributed by atoms with E-state index in [1.807, 2.05) is 30.5 Å². The van der Waals surface area contributed by atoms with E-state index in [1.54, 1.807) is 11.8 Å². The number of carbonyl (C=O) groups excluding carboxylic acids is 1. The maximum atomic E-state index is 12.3. The van der Waals surface area contributed by atoms with Gasteiger partial charge in [-0.15, -0.1) is 11.8 Å². The molecule has 1 saturated heterocycles. The highest BCUT2D eigenvalue weighted by Gasteiger charge is 2.36. The first kappa shape index (κ1) is 13.4. The van der Waals surface area contributed by atoms with Gasteiger partial charge in [0, 0.05) is 18.1 Å². The third-order valence-corrected chi connectivity index (χ3v) is 3.99. The van der Waals surface area contributed by atoms with E-state index in [4.69, 9.17) is 10.5 Å². The fourth-order valence-electron chi connectivity index (χ4n) is 1.96. The molecule has 1 fully saturated rings. The molecule has 1 aromatic rings. The second kappa shape index (κ2) is 5.73. The molecule has 98 valence electrons. The standard InChI is InChI=1S/C13H18N2O2S/c1-18-11-5-3-2-4-10(11)15-12(16)13(14)6-8-17-9-7-13/h2-5H,6-9,14H2,1H3,(H,15,16). The molecule has 0 atom stereocenters. The van der Waals surface area contributed by atoms with Gasteiger partial charge in [0.1, 0.15) is 5.54 Å². The molecule has 5 heteroatoms. The van der Waals surface area contributed by atoms with Crippen LogP contribution >= 0.6 is 11.8 Å². The number of thioether (sulfide) groups is 1. The lowest BCUT2D eigenvalue weighted by Gasteiger charge is -2.31. The molecule has 0 spiro atoms. The summed E-state index contributed by atoms with van der Waals surface area (Å²) in [5, 5.41) is 2.93. The van der Waals surface area contributed by atoms with Crippen LogP contribution in [0.5, 0.6) is 0 Å². The Labute approximate surface area is 111 Å². The second-order valence-electron chi connectivity index (χ2n) is 4.42. The lowest BCUT2D eigenvalue weighted by molar-refractivity contribution is -0.124. The predicted octanol–water partition coefficient (Wildman–Crippen LogP) is 1.85. The average molecular weight is 266 g/mol. The second-order valence-corrected chi connectivity index (χ2v) is 5.27. The van der Waals surface area contributed by atoms with Crippen LogP contribution in [0.15, 0.2) is 29.2 Å². The van der Waals surface area contributed by atoms with E-state index < -0.39 is 5.54 Å². The Balaban J connectivity index is 2.10. The molecule has 18 heavy (non-hydrogen) atoms. The van der Waals surface area contributed by atoms with Crippen LogP contribution in [0.4, 0.5) is 5.69 Å². The van der Waals surface area contributed by atoms with Gasteiger partial charge in [0.05, 0.1) is 5.69 Å². The Kier molecular flexibility index (Phi) is 4.27. The molecule has 1 heterocycles. The molecular formula is C13H18N2O2S. The quantitative estimate of drug-likeness (QED) is 0.820. The van der Waals surface area contributed by atoms with Gasteiger partial charge in [0.15, 0.2) is 0 Å². The molecule has 0 unspecified atom stereocenters. The van der Waals surface area contributed by atoms with Crippen molar-refractivity contribution in [2.75, 3.05) is 24.8 Å². The van der Waals surface area contributed by atoms with Crippen molar-refractivity contribution in [2.45, 2.75) is 23.3 Å². The van der Waals surface area contributed by atoms with Crippen molar-refractivity contribution in [1.82, 2.24) is 0 Å². The number of carbonyl (C=O) groups is 1. The van der Waals surface area contributed by atoms with E-state index >= 15 is 0 Å². The number of benzene rings is 1. The van der Waals surface area contributed by atoms with E-state index in [-0.39, 0.29) is 5.91 Å². The molecule has 1 aliphatic rings. The fraction of sp³-hybridized carbons (Fsp3) is 0.462. The van der Waals surface area contributed by atoms with E-state index in [0.29, 0.717) is 26.1 Å². The van der Waals surface area contributed by atoms with Crippen molar-refractivity contribution >= 4 is 23.4 Å². The largest absolute Gasteiger partial charge is 0.381 e. The van der Waals surface area contributed by atoms with Crippen LogP contribution in [0.1, 0.15) is 12.8 Å². The van der Waals surface area contributed by atoms with Gasteiger partial charge in [-0.2, -0.15) is 0 Å². The highest BCUT2D eigenvalue weighted by molar-refractivity contribution is 7.98. The van der Waals surface area contributed by atoms with Gasteiger partial charge in [-0.25, -0.2) is 0 Å². The molecule has 1 aromatic carbocycles. The third kappa shape index (κ3) is 2.85. The molecule has 1 aliphatic heterocycles. The van der Waals surface area contributed by atoms with Crippen LogP contribution < -0.4 is 11.1 Å². The Morgan fingerprint density at radius 2 is 2.06 bits per heavy atom. The van der Waals surface area contributed by atoms with E-state index in [2.05, 4.69) is 5.32 Å². The topological polar surface area (TPSA) is 64.4 Å². The molecule has 1 amide bonds. The van der Waals surface area contributed by atoms with Crippen LogP contribution in [0.2, 0.25) is 0 Å². The number of hydrogen-bond donors (Lipinski definition) is 2. The van der Waals surface area contributed by atoms with Crippen LogP contribution in [0, 0.1) is 0 Å². The minimum absolute atomic E-state index is 0.118. The molecular weight excluding hydrogens is 248 g/mol. The summed E-state index contributed by atoms with van der Waals surface area (Å²) in [5.74, 6) is -0.118. The summed E-state index contributed by atoms with van der Waals surface area (Å²) in [6.45, 7) is 1.10. The van der Waals surface area contributed by atoms with Crippen molar-refractivity contribution in [1.29, 1.82) is 0 Å². The summed E-state index contributed by atoms with van der Waals surface area (Å²) >= 11 is 1.60. The summed E-state index contributed by atoms with van der Waals surface area (Å²) in [4.78, 5) is 13.3. The number of nitrogens with one attached hydrogen (secondary N) is 1. The summed E-state index contributed by atoms with van der Waals surface area (Å²) in [6.07, 6.45) is 3.12. The highest BCUT2D eigenvalue weighted by Crippen LogP contribution is 2.26. The summed E-state index contributed by atoms with van der Waals surface area (Å²) < 4.78 is 5.25. The number of nitrogens with two attached hydrogens (primary N) is 1. The molecule has 2 rings (SSSR count). The number of para-hydroxylation sites is 1. The minimum Gasteiger partial charge on any atom is -0.381 e. The Morgan fingerprint density at radius 1 is 1.39 bits per heavy atom. The van der Waals surface area contributed by atoms with Gasteiger partial charge in [-0.1, -0.05) is 12.1 Å². The van der Waals surface area contributed by atoms with Crippen LogP contribution in [0.25, 0.3) is 0 Å². The number of hydrogen-bond acceptors (Lipinski definition) is 4. The number of ether oxygens (including phenoxy) is 1. The maximum absolute atomic E-state index is 12.3. The molecule has 0 aromatic heterocycles. The van der Waals surface area contributed by atoms with Crippen molar-refractivity contribution < 1.29 is 9.53 Å². The van der Waals surface area contributed by atoms with Gasteiger partial charge in [0.25, 0.3) is 0 Å². The fourth-order valence-corrected chi connectivity index (χ4v) is 2.51. The lowest BCUT2D eigenvalue weighted by atomic mass is 9.90. The first-order valence-electron chi connectivity index (χ1n) is 5.97. The van der Waals surface area contributed by atoms with Crippen molar-refractivity contribution in [3.63, 3.8) is 0 Å². The van der Waals surface area contributed by atoms with E-state index in [0.717, 1.165) is 10.6 Å². The molecule has 0 saturated carbocycles. The van der Waals surface area contributed by atoms with Crippen molar-refractivity contribution in [2.24, 2.45) is 5.73 Å². The molecule has 0 bridgehead atoms. The van der Waals surface area contributed by atoms with E-state index in [9.17, 15) is 4.79 Å². The average Bonchev–Trinajstić information content (AvgIpc) is 2.40. The molecule has 4 nitrogen and oxygen atoms in total. The molecule has 0 aliphatic carbocycles. The normalized spacial score (nSPS) is 18.3. The highest BCUT2D eigenvalue weighted by atomic mass is 32.2. The van der Waals surface area contributed by atoms with Crippen LogP contribution in [0.3, 0.4) is 0 Å².